The highest BCUT2D eigenvalue weighted by Gasteiger charge is 2.32. The van der Waals surface area contributed by atoms with Crippen LogP contribution in [0.1, 0.15) is 54.0 Å². The van der Waals surface area contributed by atoms with Crippen molar-refractivity contribution in [3.8, 4) is 11.5 Å². The van der Waals surface area contributed by atoms with Crippen LogP contribution in [-0.2, 0) is 11.4 Å². The first-order chi connectivity index (χ1) is 14.6. The van der Waals surface area contributed by atoms with Crippen LogP contribution in [0.2, 0.25) is 0 Å². The zero-order valence-electron chi connectivity index (χ0n) is 17.1. The van der Waals surface area contributed by atoms with E-state index in [4.69, 9.17) is 9.47 Å². The van der Waals surface area contributed by atoms with Crippen LogP contribution in [0.4, 0.5) is 0 Å². The van der Waals surface area contributed by atoms with Crippen molar-refractivity contribution in [1.29, 1.82) is 0 Å². The number of carbonyl (C=O) groups excluding carboxylic acids is 2. The van der Waals surface area contributed by atoms with Crippen molar-refractivity contribution in [1.82, 2.24) is 15.6 Å². The first-order valence-electron chi connectivity index (χ1n) is 10.4. The van der Waals surface area contributed by atoms with Crippen molar-refractivity contribution in [2.24, 2.45) is 5.92 Å². The highest BCUT2D eigenvalue weighted by molar-refractivity contribution is 7.09. The third kappa shape index (κ3) is 5.30. The molecule has 0 saturated heterocycles. The number of nitrogens with zero attached hydrogens (tertiary/aromatic N) is 1. The number of ether oxygens (including phenoxy) is 2. The molecule has 2 N–H and O–H groups in total. The van der Waals surface area contributed by atoms with Crippen molar-refractivity contribution < 1.29 is 19.1 Å². The molecule has 0 bridgehead atoms. The molecule has 1 aromatic heterocycles. The van der Waals surface area contributed by atoms with Gasteiger partial charge in [0.2, 0.25) is 5.91 Å². The highest BCUT2D eigenvalue weighted by Crippen LogP contribution is 2.30. The fourth-order valence-electron chi connectivity index (χ4n) is 3.66. The Kier molecular flexibility index (Phi) is 6.52. The molecule has 160 valence electrons. The molecule has 0 atom stereocenters. The van der Waals surface area contributed by atoms with Crippen LogP contribution < -0.4 is 20.1 Å². The maximum atomic E-state index is 12.6. The SMILES string of the molecule is COc1ccccc1OCc1nc(C(=O)NC2CCC(NC(=O)C3CC3)CC2)cs1. The van der Waals surface area contributed by atoms with E-state index in [1.807, 2.05) is 24.3 Å². The van der Waals surface area contributed by atoms with Gasteiger partial charge in [0.1, 0.15) is 17.3 Å². The Morgan fingerprint density at radius 3 is 2.37 bits per heavy atom. The normalized spacial score (nSPS) is 21.0. The Hall–Kier alpha value is -2.61. The smallest absolute Gasteiger partial charge is 0.270 e. The average molecular weight is 430 g/mol. The van der Waals surface area contributed by atoms with Crippen molar-refractivity contribution in [2.75, 3.05) is 7.11 Å². The molecule has 0 radical (unpaired) electrons. The van der Waals surface area contributed by atoms with Gasteiger partial charge in [0.15, 0.2) is 11.5 Å². The first-order valence-corrected chi connectivity index (χ1v) is 11.3. The molecular formula is C22H27N3O4S. The number of rotatable bonds is 8. The molecule has 7 nitrogen and oxygen atoms in total. The van der Waals surface area contributed by atoms with Gasteiger partial charge >= 0.3 is 0 Å². The lowest BCUT2D eigenvalue weighted by atomic mass is 9.91. The van der Waals surface area contributed by atoms with Crippen LogP contribution in [0, 0.1) is 5.92 Å². The van der Waals surface area contributed by atoms with E-state index in [0.717, 1.165) is 43.5 Å². The van der Waals surface area contributed by atoms with Crippen LogP contribution in [0.15, 0.2) is 29.6 Å². The number of aromatic nitrogens is 1. The number of thiazole rings is 1. The second-order valence-electron chi connectivity index (χ2n) is 7.87. The standard InChI is InChI=1S/C22H27N3O4S/c1-28-18-4-2-3-5-19(18)29-12-20-25-17(13-30-20)22(27)24-16-10-8-15(9-11-16)23-21(26)14-6-7-14/h2-5,13-16H,6-12H2,1H3,(H,23,26)(H,24,27). The molecule has 0 unspecified atom stereocenters. The Morgan fingerprint density at radius 1 is 1.03 bits per heavy atom. The van der Waals surface area contributed by atoms with Gasteiger partial charge in [-0.1, -0.05) is 12.1 Å². The fraction of sp³-hybridized carbons (Fsp3) is 0.500. The van der Waals surface area contributed by atoms with Crippen LogP contribution in [0.25, 0.3) is 0 Å². The van der Waals surface area contributed by atoms with E-state index in [9.17, 15) is 9.59 Å². The molecular weight excluding hydrogens is 402 g/mol. The number of hydrogen-bond acceptors (Lipinski definition) is 6. The number of nitrogens with one attached hydrogen (secondary N) is 2. The lowest BCUT2D eigenvalue weighted by molar-refractivity contribution is -0.123. The number of carbonyl (C=O) groups is 2. The Labute approximate surface area is 180 Å². The summed E-state index contributed by atoms with van der Waals surface area (Å²) in [4.78, 5) is 28.9. The minimum atomic E-state index is -0.153. The van der Waals surface area contributed by atoms with E-state index >= 15 is 0 Å². The van der Waals surface area contributed by atoms with Gasteiger partial charge in [-0.15, -0.1) is 11.3 Å². The van der Waals surface area contributed by atoms with E-state index in [2.05, 4.69) is 15.6 Å². The lowest BCUT2D eigenvalue weighted by Crippen LogP contribution is -2.44. The van der Waals surface area contributed by atoms with Crippen LogP contribution in [0.3, 0.4) is 0 Å². The topological polar surface area (TPSA) is 89.6 Å². The number of amides is 2. The molecule has 1 aromatic carbocycles. The first kappa shape index (κ1) is 20.7. The number of methoxy groups -OCH3 is 1. The van der Waals surface area contributed by atoms with E-state index in [0.29, 0.717) is 17.2 Å². The zero-order valence-corrected chi connectivity index (χ0v) is 17.9. The van der Waals surface area contributed by atoms with E-state index in [1.165, 1.54) is 11.3 Å². The summed E-state index contributed by atoms with van der Waals surface area (Å²) < 4.78 is 11.1. The minimum absolute atomic E-state index is 0.126. The summed E-state index contributed by atoms with van der Waals surface area (Å²) >= 11 is 1.40. The quantitative estimate of drug-likeness (QED) is 0.672. The summed E-state index contributed by atoms with van der Waals surface area (Å²) in [7, 11) is 1.60. The van der Waals surface area contributed by atoms with Gasteiger partial charge < -0.3 is 20.1 Å². The lowest BCUT2D eigenvalue weighted by Gasteiger charge is -2.29. The van der Waals surface area contributed by atoms with E-state index in [1.54, 1.807) is 12.5 Å². The van der Waals surface area contributed by atoms with Gasteiger partial charge in [0, 0.05) is 23.4 Å². The summed E-state index contributed by atoms with van der Waals surface area (Å²) in [5.74, 6) is 1.60. The summed E-state index contributed by atoms with van der Waals surface area (Å²) in [6.45, 7) is 0.282. The molecule has 2 saturated carbocycles. The number of benzene rings is 1. The maximum Gasteiger partial charge on any atom is 0.270 e. The molecule has 0 aliphatic heterocycles. The summed E-state index contributed by atoms with van der Waals surface area (Å²) in [6, 6.07) is 7.80. The molecule has 2 aliphatic carbocycles. The van der Waals surface area contributed by atoms with Crippen LogP contribution >= 0.6 is 11.3 Å². The van der Waals surface area contributed by atoms with E-state index in [-0.39, 0.29) is 36.4 Å². The Morgan fingerprint density at radius 2 is 1.70 bits per heavy atom. The molecule has 8 heteroatoms. The summed E-state index contributed by atoms with van der Waals surface area (Å²) in [5, 5.41) is 8.72. The van der Waals surface area contributed by atoms with Gasteiger partial charge in [0.25, 0.3) is 5.91 Å². The molecule has 2 aliphatic rings. The number of para-hydroxylation sites is 2. The predicted octanol–water partition coefficient (Wildman–Crippen LogP) is 3.30. The van der Waals surface area contributed by atoms with Gasteiger partial charge in [-0.05, 0) is 50.7 Å². The van der Waals surface area contributed by atoms with Gasteiger partial charge in [-0.25, -0.2) is 4.98 Å². The second kappa shape index (κ2) is 9.47. The third-order valence-electron chi connectivity index (χ3n) is 5.56. The minimum Gasteiger partial charge on any atom is -0.493 e. The van der Waals surface area contributed by atoms with Crippen LogP contribution in [0.5, 0.6) is 11.5 Å². The van der Waals surface area contributed by atoms with Crippen molar-refractivity contribution in [3.05, 3.63) is 40.3 Å². The molecule has 1 heterocycles. The van der Waals surface area contributed by atoms with Crippen molar-refractivity contribution in [3.63, 3.8) is 0 Å². The molecule has 0 spiro atoms. The van der Waals surface area contributed by atoms with Gasteiger partial charge in [-0.2, -0.15) is 0 Å². The second-order valence-corrected chi connectivity index (χ2v) is 8.81. The molecule has 30 heavy (non-hydrogen) atoms. The van der Waals surface area contributed by atoms with Gasteiger partial charge in [-0.3, -0.25) is 9.59 Å². The highest BCUT2D eigenvalue weighted by atomic mass is 32.1. The fourth-order valence-corrected chi connectivity index (χ4v) is 4.35. The summed E-state index contributed by atoms with van der Waals surface area (Å²) in [5.41, 5.74) is 0.419. The molecule has 2 amide bonds. The summed E-state index contributed by atoms with van der Waals surface area (Å²) in [6.07, 6.45) is 5.59. The van der Waals surface area contributed by atoms with Crippen molar-refractivity contribution in [2.45, 2.75) is 57.2 Å². The molecule has 2 fully saturated rings. The van der Waals surface area contributed by atoms with Gasteiger partial charge in [0.05, 0.1) is 7.11 Å². The van der Waals surface area contributed by atoms with Crippen LogP contribution in [-0.4, -0.2) is 36.0 Å². The third-order valence-corrected chi connectivity index (χ3v) is 6.38. The number of hydrogen-bond donors (Lipinski definition) is 2. The average Bonchev–Trinajstić information content (AvgIpc) is 3.52. The van der Waals surface area contributed by atoms with E-state index < -0.39 is 0 Å². The molecule has 2 aromatic rings. The predicted molar refractivity (Wildman–Crippen MR) is 114 cm³/mol. The Bertz CT molecular complexity index is 888. The Balaban J connectivity index is 1.23. The maximum absolute atomic E-state index is 12.6. The van der Waals surface area contributed by atoms with Crippen molar-refractivity contribution >= 4 is 23.2 Å². The zero-order chi connectivity index (χ0) is 20.9. The largest absolute Gasteiger partial charge is 0.493 e. The molecule has 4 rings (SSSR count). The monoisotopic (exact) mass is 429 g/mol.